The summed E-state index contributed by atoms with van der Waals surface area (Å²) in [6, 6.07) is 14.2. The Labute approximate surface area is 414 Å². The number of benzene rings is 2. The third-order valence-corrected chi connectivity index (χ3v) is 15.3. The van der Waals surface area contributed by atoms with Gasteiger partial charge in [0.2, 0.25) is 17.7 Å². The number of thiazole rings is 2. The Morgan fingerprint density at radius 2 is 1.64 bits per heavy atom. The Bertz CT molecular complexity index is 2810. The summed E-state index contributed by atoms with van der Waals surface area (Å²) in [4.78, 5) is 74.2. The van der Waals surface area contributed by atoms with E-state index in [0.29, 0.717) is 61.5 Å². The predicted octanol–water partition coefficient (Wildman–Crippen LogP) is 6.80. The molecular formula is C50H60N12O6S2. The van der Waals surface area contributed by atoms with Crippen LogP contribution in [-0.4, -0.2) is 131 Å². The molecular weight excluding hydrogens is 929 g/mol. The van der Waals surface area contributed by atoms with Gasteiger partial charge in [-0.15, -0.1) is 16.4 Å². The molecule has 3 atom stereocenters. The van der Waals surface area contributed by atoms with Crippen molar-refractivity contribution in [1.29, 1.82) is 0 Å². The third-order valence-electron chi connectivity index (χ3n) is 13.4. The largest absolute Gasteiger partial charge is 0.446 e. The second-order valence-electron chi connectivity index (χ2n) is 18.9. The number of β-amino-alcohol motifs (C(OH)–C–C–N with tert-alkyl or cyclic N) is 1. The van der Waals surface area contributed by atoms with Crippen molar-refractivity contribution in [3.8, 4) is 21.6 Å². The molecule has 3 fully saturated rings. The number of aliphatic hydroxyl groups is 1. The number of fused-ring (bicyclic) bond motifs is 1. The summed E-state index contributed by atoms with van der Waals surface area (Å²) in [5.74, 6) is -0.908. The van der Waals surface area contributed by atoms with Crippen molar-refractivity contribution in [2.24, 2.45) is 5.92 Å². The van der Waals surface area contributed by atoms with Gasteiger partial charge in [-0.05, 0) is 80.3 Å². The summed E-state index contributed by atoms with van der Waals surface area (Å²) in [5, 5.41) is 28.9. The number of rotatable bonds is 15. The monoisotopic (exact) mass is 988 g/mol. The number of likely N-dealkylation sites (tertiary alicyclic amines) is 1. The van der Waals surface area contributed by atoms with E-state index in [1.165, 1.54) is 22.7 Å². The lowest BCUT2D eigenvalue weighted by molar-refractivity contribution is -0.142. The highest BCUT2D eigenvalue weighted by Crippen LogP contribution is 2.33. The van der Waals surface area contributed by atoms with Gasteiger partial charge in [-0.3, -0.25) is 34.5 Å². The Balaban J connectivity index is 0.740. The minimum Gasteiger partial charge on any atom is -0.446 e. The molecule has 20 heteroatoms. The second-order valence-corrected chi connectivity index (χ2v) is 20.8. The molecule has 0 radical (unpaired) electrons. The lowest BCUT2D eigenvalue weighted by atomic mass is 9.98. The molecule has 0 unspecified atom stereocenters. The number of aromatic nitrogens is 6. The van der Waals surface area contributed by atoms with Gasteiger partial charge in [0, 0.05) is 64.0 Å². The molecule has 9 rings (SSSR count). The summed E-state index contributed by atoms with van der Waals surface area (Å²) in [6.07, 6.45) is 7.53. The van der Waals surface area contributed by atoms with E-state index in [2.05, 4.69) is 51.0 Å². The molecule has 6 aromatic rings. The molecule has 4 aromatic heterocycles. The van der Waals surface area contributed by atoms with Crippen molar-refractivity contribution in [2.45, 2.75) is 104 Å². The van der Waals surface area contributed by atoms with Crippen molar-refractivity contribution in [3.63, 3.8) is 0 Å². The molecule has 4 N–H and O–H groups in total. The van der Waals surface area contributed by atoms with Crippen molar-refractivity contribution >= 4 is 67.5 Å². The van der Waals surface area contributed by atoms with Gasteiger partial charge in [0.15, 0.2) is 5.13 Å². The van der Waals surface area contributed by atoms with E-state index in [1.807, 2.05) is 81.7 Å². The van der Waals surface area contributed by atoms with E-state index in [1.54, 1.807) is 28.4 Å². The zero-order valence-corrected chi connectivity index (χ0v) is 41.6. The third kappa shape index (κ3) is 11.7. The number of ether oxygens (including phenoxy) is 1. The molecule has 1 aliphatic carbocycles. The van der Waals surface area contributed by atoms with Gasteiger partial charge >= 0.3 is 6.09 Å². The average molecular weight is 989 g/mol. The highest BCUT2D eigenvalue weighted by atomic mass is 32.1. The van der Waals surface area contributed by atoms with Crippen LogP contribution in [0.15, 0.2) is 66.4 Å². The molecule has 18 nitrogen and oxygen atoms in total. The van der Waals surface area contributed by atoms with E-state index in [4.69, 9.17) is 4.74 Å². The second kappa shape index (κ2) is 21.8. The van der Waals surface area contributed by atoms with Crippen LogP contribution in [0.2, 0.25) is 0 Å². The molecule has 2 aliphatic heterocycles. The minimum atomic E-state index is -0.820. The Hall–Kier alpha value is -6.19. The fourth-order valence-corrected chi connectivity index (χ4v) is 11.2. The van der Waals surface area contributed by atoms with Crippen LogP contribution in [0.3, 0.4) is 0 Å². The van der Waals surface area contributed by atoms with E-state index in [9.17, 15) is 24.3 Å². The highest BCUT2D eigenvalue weighted by molar-refractivity contribution is 7.22. The lowest BCUT2D eigenvalue weighted by Gasteiger charge is -2.33. The molecule has 0 spiro atoms. The van der Waals surface area contributed by atoms with Gasteiger partial charge < -0.3 is 25.4 Å². The Morgan fingerprint density at radius 3 is 2.39 bits per heavy atom. The quantitative estimate of drug-likeness (QED) is 0.0835. The first-order chi connectivity index (χ1) is 33.8. The summed E-state index contributed by atoms with van der Waals surface area (Å²) in [5.41, 5.74) is 9.32. The topological polar surface area (TPSA) is 213 Å². The summed E-state index contributed by atoms with van der Waals surface area (Å²) >= 11 is 2.99. The first-order valence-corrected chi connectivity index (χ1v) is 25.8. The first kappa shape index (κ1) is 48.8. The number of hydrogen-bond acceptors (Lipinski definition) is 15. The van der Waals surface area contributed by atoms with Crippen LogP contribution in [0.25, 0.3) is 31.8 Å². The van der Waals surface area contributed by atoms with Crippen LogP contribution in [0.1, 0.15) is 81.1 Å². The molecule has 368 valence electrons. The number of carbonyl (C=O) groups is 4. The number of piperazine rings is 1. The fraction of sp³-hybridized carbons (Fsp3) is 0.460. The molecule has 3 aliphatic rings. The zero-order valence-electron chi connectivity index (χ0n) is 40.0. The molecule has 0 bridgehead atoms. The van der Waals surface area contributed by atoms with E-state index >= 15 is 0 Å². The zero-order chi connectivity index (χ0) is 48.9. The fourth-order valence-electron chi connectivity index (χ4n) is 9.51. The maximum Gasteiger partial charge on any atom is 0.411 e. The van der Waals surface area contributed by atoms with Gasteiger partial charge in [0.05, 0.1) is 62.2 Å². The average Bonchev–Trinajstić information content (AvgIpc) is 4.17. The smallest absolute Gasteiger partial charge is 0.411 e. The van der Waals surface area contributed by atoms with Crippen molar-refractivity contribution < 1.29 is 29.0 Å². The normalized spacial score (nSPS) is 18.6. The van der Waals surface area contributed by atoms with Gasteiger partial charge in [-0.1, -0.05) is 67.2 Å². The molecule has 1 saturated carbocycles. The molecule has 4 amide bonds. The van der Waals surface area contributed by atoms with Gasteiger partial charge in [-0.2, -0.15) is 0 Å². The minimum absolute atomic E-state index is 0.0461. The van der Waals surface area contributed by atoms with E-state index < -0.39 is 24.3 Å². The van der Waals surface area contributed by atoms with Crippen molar-refractivity contribution in [1.82, 2.24) is 50.0 Å². The number of carbonyl (C=O) groups excluding carboxylic acids is 4. The van der Waals surface area contributed by atoms with E-state index in [-0.39, 0.29) is 49.3 Å². The summed E-state index contributed by atoms with van der Waals surface area (Å²) in [7, 11) is 0. The van der Waals surface area contributed by atoms with Crippen LogP contribution in [0.5, 0.6) is 0 Å². The van der Waals surface area contributed by atoms with Crippen molar-refractivity contribution in [3.05, 3.63) is 89.1 Å². The number of aryl methyl sites for hydroxylation is 2. The van der Waals surface area contributed by atoms with Crippen LogP contribution in [0, 0.1) is 19.8 Å². The van der Waals surface area contributed by atoms with Crippen LogP contribution < -0.4 is 16.0 Å². The number of nitrogens with one attached hydrogen (secondary N) is 3. The van der Waals surface area contributed by atoms with Gasteiger partial charge in [0.25, 0.3) is 0 Å². The number of aliphatic hydroxyl groups excluding tert-OH is 1. The van der Waals surface area contributed by atoms with Gasteiger partial charge in [-0.25, -0.2) is 19.4 Å². The van der Waals surface area contributed by atoms with E-state index in [0.717, 1.165) is 68.7 Å². The first-order valence-electron chi connectivity index (χ1n) is 24.1. The predicted molar refractivity (Wildman–Crippen MR) is 269 cm³/mol. The molecule has 70 heavy (non-hydrogen) atoms. The maximum atomic E-state index is 14.2. The Kier molecular flexibility index (Phi) is 15.2. The Morgan fingerprint density at radius 1 is 0.886 bits per heavy atom. The number of anilines is 2. The number of amides is 4. The van der Waals surface area contributed by atoms with Crippen LogP contribution in [0.4, 0.5) is 15.6 Å². The van der Waals surface area contributed by atoms with Gasteiger partial charge in [0.1, 0.15) is 18.2 Å². The molecule has 2 aromatic carbocycles. The summed E-state index contributed by atoms with van der Waals surface area (Å²) < 4.78 is 8.17. The SMILES string of the molecule is Cc1ncc(-c2ccc3nc(NC(=O)CN4CCN(Cc5cn([C@H](C(=O)N6C[C@H](O)C[C@H]6C(=O)NCc6ccc(-c7scnc7C)cc6)C(C)C)nn5)CC4)sc3c2)cc1NC(=O)OC1CCCCC1. The lowest BCUT2D eigenvalue weighted by Crippen LogP contribution is -2.49. The van der Waals surface area contributed by atoms with Crippen LogP contribution >= 0.6 is 22.7 Å². The number of hydrogen-bond donors (Lipinski definition) is 4. The van der Waals surface area contributed by atoms with Crippen LogP contribution in [-0.2, 0) is 32.2 Å². The number of nitrogens with zero attached hydrogens (tertiary/aromatic N) is 9. The maximum absolute atomic E-state index is 14.2. The standard InChI is InChI=1S/C50H60N12O6S2/c1-30(2)45(48(66)61-27-38(63)22-42(61)47(65)52-23-33-10-12-34(13-11-33)46-32(4)53-29-69-46)62-26-37(57-58-62)25-59-16-18-60(19-17-59)28-44(64)56-49-54-40-15-14-35(21-43(40)70-49)36-20-41(31(3)51-24-36)55-50(67)68-39-8-6-5-7-9-39/h10-15,20-21,24,26,29-30,38-39,42,45,63H,5-9,16-19,22-23,25,27-28H2,1-4H3,(H,52,65)(H,55,67)(H,54,56,64)/t38-,42+,45+/m1/s1. The van der Waals surface area contributed by atoms with Crippen molar-refractivity contribution in [2.75, 3.05) is 49.9 Å². The molecule has 2 saturated heterocycles. The molecule has 6 heterocycles. The number of pyridine rings is 1. The highest BCUT2D eigenvalue weighted by Gasteiger charge is 2.42. The summed E-state index contributed by atoms with van der Waals surface area (Å²) in [6.45, 7) is 11.6.